The summed E-state index contributed by atoms with van der Waals surface area (Å²) in [7, 11) is 0. The molecule has 24 heavy (non-hydrogen) atoms. The number of hydrogen-bond acceptors (Lipinski definition) is 4. The molecule has 4 heterocycles. The van der Waals surface area contributed by atoms with E-state index < -0.39 is 0 Å². The van der Waals surface area contributed by atoms with Crippen LogP contribution in [0, 0.1) is 0 Å². The quantitative estimate of drug-likeness (QED) is 0.910. The van der Waals surface area contributed by atoms with Gasteiger partial charge in [0.2, 0.25) is 5.91 Å². The third kappa shape index (κ3) is 2.62. The molecule has 2 amide bonds. The molecule has 126 valence electrons. The number of rotatable bonds is 2. The van der Waals surface area contributed by atoms with Crippen LogP contribution in [0.2, 0.25) is 0 Å². The van der Waals surface area contributed by atoms with Crippen molar-refractivity contribution in [2.75, 3.05) is 18.0 Å². The number of nitrogens with one attached hydrogen (secondary N) is 1. The van der Waals surface area contributed by atoms with E-state index in [1.165, 1.54) is 11.3 Å². The molecule has 0 spiro atoms. The van der Waals surface area contributed by atoms with Gasteiger partial charge in [0.25, 0.3) is 5.91 Å². The first kappa shape index (κ1) is 15.4. The first-order valence-electron chi connectivity index (χ1n) is 8.44. The molecule has 4 rings (SSSR count). The van der Waals surface area contributed by atoms with Crippen molar-refractivity contribution in [1.82, 2.24) is 15.1 Å². The Labute approximate surface area is 144 Å². The molecule has 2 aromatic heterocycles. The summed E-state index contributed by atoms with van der Waals surface area (Å²) in [4.78, 5) is 30.3. The summed E-state index contributed by atoms with van der Waals surface area (Å²) in [6.07, 6.45) is 6.24. The molecule has 1 atom stereocenters. The molecule has 0 aromatic carbocycles. The van der Waals surface area contributed by atoms with Crippen molar-refractivity contribution in [2.45, 2.75) is 38.1 Å². The molecule has 6 nitrogen and oxygen atoms in total. The number of thiophene rings is 1. The standard InChI is InChI=1S/C17H20N4O2S/c22-16(21-9-3-5-12-14(21)11-18-19-12)13-6-1-2-8-20(13)17(23)15-7-4-10-24-15/h4,7,10-11,13H,1-3,5-6,8-9H2,(H,18,19)/t13-/m0/s1. The number of carbonyl (C=O) groups is 2. The normalized spacial score (nSPS) is 20.8. The zero-order chi connectivity index (χ0) is 16.5. The van der Waals surface area contributed by atoms with Gasteiger partial charge in [-0.1, -0.05) is 6.07 Å². The van der Waals surface area contributed by atoms with Crippen molar-refractivity contribution in [3.63, 3.8) is 0 Å². The monoisotopic (exact) mass is 344 g/mol. The van der Waals surface area contributed by atoms with Crippen LogP contribution in [-0.2, 0) is 11.2 Å². The molecule has 2 aliphatic rings. The summed E-state index contributed by atoms with van der Waals surface area (Å²) in [5.74, 6) is 0.00873. The smallest absolute Gasteiger partial charge is 0.264 e. The van der Waals surface area contributed by atoms with Gasteiger partial charge in [-0.05, 0) is 43.6 Å². The van der Waals surface area contributed by atoms with Crippen LogP contribution in [0.5, 0.6) is 0 Å². The zero-order valence-corrected chi connectivity index (χ0v) is 14.2. The number of amides is 2. The number of fused-ring (bicyclic) bond motifs is 1. The van der Waals surface area contributed by atoms with E-state index in [1.54, 1.807) is 11.1 Å². The first-order valence-corrected chi connectivity index (χ1v) is 9.32. The average molecular weight is 344 g/mol. The second-order valence-electron chi connectivity index (χ2n) is 6.31. The van der Waals surface area contributed by atoms with Gasteiger partial charge >= 0.3 is 0 Å². The van der Waals surface area contributed by atoms with Crippen LogP contribution in [-0.4, -0.2) is 46.0 Å². The highest BCUT2D eigenvalue weighted by atomic mass is 32.1. The highest BCUT2D eigenvalue weighted by molar-refractivity contribution is 7.12. The van der Waals surface area contributed by atoms with Gasteiger partial charge in [0.05, 0.1) is 22.5 Å². The minimum atomic E-state index is -0.366. The highest BCUT2D eigenvalue weighted by Crippen LogP contribution is 2.29. The Morgan fingerprint density at radius 1 is 1.25 bits per heavy atom. The number of H-pyrrole nitrogens is 1. The lowest BCUT2D eigenvalue weighted by molar-refractivity contribution is -0.124. The lowest BCUT2D eigenvalue weighted by Gasteiger charge is -2.38. The maximum absolute atomic E-state index is 13.2. The van der Waals surface area contributed by atoms with Gasteiger partial charge in [0.15, 0.2) is 0 Å². The first-order chi connectivity index (χ1) is 11.8. The molecule has 0 unspecified atom stereocenters. The Hall–Kier alpha value is -2.15. The minimum absolute atomic E-state index is 0.0209. The Bertz CT molecular complexity index is 740. The molecular formula is C17H20N4O2S. The van der Waals surface area contributed by atoms with E-state index in [0.717, 1.165) is 43.5 Å². The zero-order valence-electron chi connectivity index (χ0n) is 13.4. The molecule has 1 saturated heterocycles. The van der Waals surface area contributed by atoms with Gasteiger partial charge < -0.3 is 9.80 Å². The van der Waals surface area contributed by atoms with Crippen molar-refractivity contribution in [1.29, 1.82) is 0 Å². The highest BCUT2D eigenvalue weighted by Gasteiger charge is 2.37. The van der Waals surface area contributed by atoms with E-state index in [1.807, 2.05) is 22.4 Å². The maximum atomic E-state index is 13.2. The van der Waals surface area contributed by atoms with Gasteiger partial charge in [-0.15, -0.1) is 11.3 Å². The fourth-order valence-corrected chi connectivity index (χ4v) is 4.32. The van der Waals surface area contributed by atoms with Crippen LogP contribution in [0.4, 0.5) is 5.69 Å². The Kier molecular flexibility index (Phi) is 4.10. The predicted octanol–water partition coefficient (Wildman–Crippen LogP) is 2.45. The predicted molar refractivity (Wildman–Crippen MR) is 92.3 cm³/mol. The number of aromatic nitrogens is 2. The number of nitrogens with zero attached hydrogens (tertiary/aromatic N) is 3. The van der Waals surface area contributed by atoms with Gasteiger partial charge in [-0.3, -0.25) is 14.7 Å². The van der Waals surface area contributed by atoms with E-state index in [-0.39, 0.29) is 17.9 Å². The minimum Gasteiger partial charge on any atom is -0.326 e. The van der Waals surface area contributed by atoms with E-state index in [0.29, 0.717) is 18.0 Å². The second kappa shape index (κ2) is 6.39. The Morgan fingerprint density at radius 3 is 3.00 bits per heavy atom. The molecule has 7 heteroatoms. The molecule has 0 saturated carbocycles. The number of piperidine rings is 1. The molecule has 1 fully saturated rings. The summed E-state index contributed by atoms with van der Waals surface area (Å²) in [5, 5.41) is 8.96. The van der Waals surface area contributed by atoms with Gasteiger partial charge in [-0.2, -0.15) is 5.10 Å². The van der Waals surface area contributed by atoms with Gasteiger partial charge in [0.1, 0.15) is 6.04 Å². The molecule has 0 radical (unpaired) electrons. The number of carbonyl (C=O) groups excluding carboxylic acids is 2. The number of aryl methyl sites for hydroxylation is 1. The summed E-state index contributed by atoms with van der Waals surface area (Å²) in [6, 6.07) is 3.34. The maximum Gasteiger partial charge on any atom is 0.264 e. The average Bonchev–Trinajstić information content (AvgIpc) is 3.31. The Balaban J connectivity index is 1.59. The number of aromatic amines is 1. The Morgan fingerprint density at radius 2 is 2.17 bits per heavy atom. The number of likely N-dealkylation sites (tertiary alicyclic amines) is 1. The van der Waals surface area contributed by atoms with Crippen molar-refractivity contribution in [3.05, 3.63) is 34.3 Å². The summed E-state index contributed by atoms with van der Waals surface area (Å²) < 4.78 is 0. The molecule has 2 aliphatic heterocycles. The van der Waals surface area contributed by atoms with Crippen molar-refractivity contribution < 1.29 is 9.59 Å². The lowest BCUT2D eigenvalue weighted by atomic mass is 9.99. The molecule has 0 aliphatic carbocycles. The molecule has 2 aromatic rings. The van der Waals surface area contributed by atoms with E-state index in [9.17, 15) is 9.59 Å². The van der Waals surface area contributed by atoms with E-state index in [2.05, 4.69) is 10.2 Å². The van der Waals surface area contributed by atoms with Crippen LogP contribution in [0.1, 0.15) is 41.0 Å². The number of hydrogen-bond donors (Lipinski definition) is 1. The van der Waals surface area contributed by atoms with E-state index in [4.69, 9.17) is 0 Å². The van der Waals surface area contributed by atoms with Crippen molar-refractivity contribution in [2.24, 2.45) is 0 Å². The topological polar surface area (TPSA) is 69.3 Å². The fourth-order valence-electron chi connectivity index (χ4n) is 3.64. The van der Waals surface area contributed by atoms with Crippen LogP contribution < -0.4 is 4.90 Å². The van der Waals surface area contributed by atoms with E-state index >= 15 is 0 Å². The molecule has 0 bridgehead atoms. The SMILES string of the molecule is O=C([C@@H]1CCCCN1C(=O)c1cccs1)N1CCCc2[nH]ncc21. The van der Waals surface area contributed by atoms with Crippen molar-refractivity contribution >= 4 is 28.8 Å². The summed E-state index contributed by atoms with van der Waals surface area (Å²) >= 11 is 1.43. The number of anilines is 1. The largest absolute Gasteiger partial charge is 0.326 e. The van der Waals surface area contributed by atoms with Crippen LogP contribution >= 0.6 is 11.3 Å². The molecule has 1 N–H and O–H groups in total. The third-order valence-electron chi connectivity index (χ3n) is 4.84. The lowest BCUT2D eigenvalue weighted by Crippen LogP contribution is -2.54. The fraction of sp³-hybridized carbons (Fsp3) is 0.471. The summed E-state index contributed by atoms with van der Waals surface area (Å²) in [6.45, 7) is 1.35. The van der Waals surface area contributed by atoms with Crippen LogP contribution in [0.15, 0.2) is 23.7 Å². The van der Waals surface area contributed by atoms with Crippen LogP contribution in [0.3, 0.4) is 0 Å². The molecular weight excluding hydrogens is 324 g/mol. The van der Waals surface area contributed by atoms with Crippen molar-refractivity contribution in [3.8, 4) is 0 Å². The third-order valence-corrected chi connectivity index (χ3v) is 5.70. The van der Waals surface area contributed by atoms with Gasteiger partial charge in [-0.25, -0.2) is 0 Å². The van der Waals surface area contributed by atoms with Crippen LogP contribution in [0.25, 0.3) is 0 Å². The second-order valence-corrected chi connectivity index (χ2v) is 7.26. The summed E-state index contributed by atoms with van der Waals surface area (Å²) in [5.41, 5.74) is 1.89. The van der Waals surface area contributed by atoms with Gasteiger partial charge in [0, 0.05) is 13.1 Å².